The van der Waals surface area contributed by atoms with Gasteiger partial charge in [0.2, 0.25) is 15.9 Å². The van der Waals surface area contributed by atoms with E-state index in [2.05, 4.69) is 29.6 Å². The first-order chi connectivity index (χ1) is 17.7. The van der Waals surface area contributed by atoms with Crippen molar-refractivity contribution in [2.24, 2.45) is 11.7 Å². The Balaban J connectivity index is 1.46. The standard InChI is InChI=1S/C29H36N4O3S/c1-33(37(2,35)36)26-14-10-22(11-15-26)18-28(34)32-25-19-27(23-6-4-3-5-7-23)29(31-20-25)24-12-8-21(9-13-24)16-17-30/h3-9,12-13,19-20,22,26H,10-11,14-18,30H2,1-2H3,(H,32,34). The van der Waals surface area contributed by atoms with Crippen LogP contribution in [0.1, 0.15) is 37.7 Å². The molecule has 8 heteroatoms. The molecule has 0 unspecified atom stereocenters. The van der Waals surface area contributed by atoms with Crippen molar-refractivity contribution in [3.63, 3.8) is 0 Å². The SMILES string of the molecule is CN(C1CCC(CC(=O)Nc2cnc(-c3ccc(CCN)cc3)c(-c3ccccc3)c2)CC1)S(C)(=O)=O. The van der Waals surface area contributed by atoms with E-state index in [0.29, 0.717) is 18.7 Å². The number of carbonyl (C=O) groups excluding carboxylic acids is 1. The molecule has 1 aliphatic carbocycles. The first kappa shape index (κ1) is 27.0. The van der Waals surface area contributed by atoms with Crippen LogP contribution in [0.5, 0.6) is 0 Å². The summed E-state index contributed by atoms with van der Waals surface area (Å²) < 4.78 is 25.1. The molecule has 1 amide bonds. The Hall–Kier alpha value is -3.07. The lowest BCUT2D eigenvalue weighted by Crippen LogP contribution is -2.39. The van der Waals surface area contributed by atoms with Crippen molar-refractivity contribution >= 4 is 21.6 Å². The molecule has 3 N–H and O–H groups in total. The summed E-state index contributed by atoms with van der Waals surface area (Å²) in [6, 6.07) is 20.3. The van der Waals surface area contributed by atoms with Crippen molar-refractivity contribution in [2.45, 2.75) is 44.6 Å². The summed E-state index contributed by atoms with van der Waals surface area (Å²) in [7, 11) is -1.56. The number of nitrogens with one attached hydrogen (secondary N) is 1. The van der Waals surface area contributed by atoms with E-state index in [9.17, 15) is 13.2 Å². The number of sulfonamides is 1. The predicted molar refractivity (Wildman–Crippen MR) is 149 cm³/mol. The van der Waals surface area contributed by atoms with Crippen molar-refractivity contribution in [2.75, 3.05) is 25.2 Å². The van der Waals surface area contributed by atoms with Crippen LogP contribution in [0.2, 0.25) is 0 Å². The van der Waals surface area contributed by atoms with Crippen LogP contribution in [0.25, 0.3) is 22.4 Å². The van der Waals surface area contributed by atoms with Gasteiger partial charge in [-0.2, -0.15) is 0 Å². The van der Waals surface area contributed by atoms with Gasteiger partial charge in [-0.25, -0.2) is 12.7 Å². The Morgan fingerprint density at radius 3 is 2.32 bits per heavy atom. The number of hydrogen-bond acceptors (Lipinski definition) is 5. The largest absolute Gasteiger partial charge is 0.330 e. The summed E-state index contributed by atoms with van der Waals surface area (Å²) in [6.45, 7) is 0.612. The average molecular weight is 521 g/mol. The van der Waals surface area contributed by atoms with E-state index in [1.165, 1.54) is 16.1 Å². The highest BCUT2D eigenvalue weighted by Gasteiger charge is 2.29. The third kappa shape index (κ3) is 7.03. The molecular formula is C29H36N4O3S. The highest BCUT2D eigenvalue weighted by molar-refractivity contribution is 7.88. The number of anilines is 1. The Morgan fingerprint density at radius 1 is 1.03 bits per heavy atom. The number of benzene rings is 2. The molecule has 7 nitrogen and oxygen atoms in total. The van der Waals surface area contributed by atoms with Crippen LogP contribution in [0.15, 0.2) is 66.9 Å². The average Bonchev–Trinajstić information content (AvgIpc) is 2.89. The van der Waals surface area contributed by atoms with E-state index < -0.39 is 10.0 Å². The van der Waals surface area contributed by atoms with Gasteiger partial charge in [0, 0.05) is 30.6 Å². The van der Waals surface area contributed by atoms with E-state index in [1.807, 2.05) is 36.4 Å². The number of nitrogens with zero attached hydrogens (tertiary/aromatic N) is 2. The van der Waals surface area contributed by atoms with Crippen molar-refractivity contribution in [3.05, 3.63) is 72.4 Å². The van der Waals surface area contributed by atoms with Gasteiger partial charge in [-0.3, -0.25) is 9.78 Å². The number of pyridine rings is 1. The molecule has 1 aliphatic rings. The molecule has 3 aromatic rings. The molecule has 1 fully saturated rings. The van der Waals surface area contributed by atoms with Gasteiger partial charge in [-0.05, 0) is 61.8 Å². The maximum Gasteiger partial charge on any atom is 0.224 e. The van der Waals surface area contributed by atoms with Gasteiger partial charge >= 0.3 is 0 Å². The highest BCUT2D eigenvalue weighted by atomic mass is 32.2. The summed E-state index contributed by atoms with van der Waals surface area (Å²) in [5, 5.41) is 3.04. The minimum atomic E-state index is -3.20. The minimum Gasteiger partial charge on any atom is -0.330 e. The second-order valence-corrected chi connectivity index (χ2v) is 12.0. The molecule has 0 bridgehead atoms. The lowest BCUT2D eigenvalue weighted by molar-refractivity contribution is -0.117. The van der Waals surface area contributed by atoms with Crippen LogP contribution in [-0.2, 0) is 21.2 Å². The van der Waals surface area contributed by atoms with E-state index >= 15 is 0 Å². The fourth-order valence-electron chi connectivity index (χ4n) is 5.05. The number of nitrogens with two attached hydrogens (primary N) is 1. The van der Waals surface area contributed by atoms with Crippen LogP contribution < -0.4 is 11.1 Å². The Bertz CT molecular complexity index is 1300. The number of rotatable bonds is 9. The zero-order chi connectivity index (χ0) is 26.4. The molecule has 2 aromatic carbocycles. The maximum absolute atomic E-state index is 12.9. The number of hydrogen-bond donors (Lipinski definition) is 2. The summed E-state index contributed by atoms with van der Waals surface area (Å²) in [5.41, 5.74) is 11.4. The van der Waals surface area contributed by atoms with Crippen LogP contribution in [0.4, 0.5) is 5.69 Å². The van der Waals surface area contributed by atoms with Gasteiger partial charge in [0.15, 0.2) is 0 Å². The van der Waals surface area contributed by atoms with Gasteiger partial charge in [0.1, 0.15) is 0 Å². The lowest BCUT2D eigenvalue weighted by atomic mass is 9.84. The van der Waals surface area contributed by atoms with E-state index in [4.69, 9.17) is 10.7 Å². The molecule has 0 atom stereocenters. The fourth-order valence-corrected chi connectivity index (χ4v) is 5.81. The summed E-state index contributed by atoms with van der Waals surface area (Å²) in [6.07, 6.45) is 7.44. The Labute approximate surface area is 220 Å². The van der Waals surface area contributed by atoms with E-state index in [1.54, 1.807) is 13.2 Å². The van der Waals surface area contributed by atoms with Crippen LogP contribution in [0.3, 0.4) is 0 Å². The fraction of sp³-hybridized carbons (Fsp3) is 0.379. The minimum absolute atomic E-state index is 0.0175. The zero-order valence-electron chi connectivity index (χ0n) is 21.6. The summed E-state index contributed by atoms with van der Waals surface area (Å²) >= 11 is 0. The Kier molecular flexibility index (Phi) is 8.74. The third-order valence-electron chi connectivity index (χ3n) is 7.24. The maximum atomic E-state index is 12.9. The quantitative estimate of drug-likeness (QED) is 0.426. The molecule has 0 aliphatic heterocycles. The molecule has 1 heterocycles. The molecular weight excluding hydrogens is 484 g/mol. The number of aromatic nitrogens is 1. The topological polar surface area (TPSA) is 105 Å². The van der Waals surface area contributed by atoms with E-state index in [-0.39, 0.29) is 17.9 Å². The van der Waals surface area contributed by atoms with Gasteiger partial charge in [-0.15, -0.1) is 0 Å². The first-order valence-corrected chi connectivity index (χ1v) is 14.7. The zero-order valence-corrected chi connectivity index (χ0v) is 22.4. The van der Waals surface area contributed by atoms with Crippen molar-refractivity contribution in [1.29, 1.82) is 0 Å². The van der Waals surface area contributed by atoms with Crippen LogP contribution in [-0.4, -0.2) is 49.5 Å². The monoisotopic (exact) mass is 520 g/mol. The second kappa shape index (κ2) is 12.0. The summed E-state index contributed by atoms with van der Waals surface area (Å²) in [4.78, 5) is 17.7. The smallest absolute Gasteiger partial charge is 0.224 e. The second-order valence-electron chi connectivity index (χ2n) is 9.93. The Morgan fingerprint density at radius 2 is 1.70 bits per heavy atom. The first-order valence-electron chi connectivity index (χ1n) is 12.8. The van der Waals surface area contributed by atoms with Gasteiger partial charge < -0.3 is 11.1 Å². The molecule has 0 spiro atoms. The molecule has 4 rings (SSSR count). The van der Waals surface area contributed by atoms with Crippen LogP contribution >= 0.6 is 0 Å². The molecule has 1 saturated carbocycles. The normalized spacial score (nSPS) is 18.1. The lowest BCUT2D eigenvalue weighted by Gasteiger charge is -2.33. The molecule has 1 aromatic heterocycles. The van der Waals surface area contributed by atoms with Crippen LogP contribution in [0, 0.1) is 5.92 Å². The molecule has 0 radical (unpaired) electrons. The summed E-state index contributed by atoms with van der Waals surface area (Å²) in [5.74, 6) is 0.205. The molecule has 196 valence electrons. The van der Waals surface area contributed by atoms with Gasteiger partial charge in [0.25, 0.3) is 0 Å². The predicted octanol–water partition coefficient (Wildman–Crippen LogP) is 4.70. The van der Waals surface area contributed by atoms with Gasteiger partial charge in [0.05, 0.1) is 23.8 Å². The van der Waals surface area contributed by atoms with Crippen molar-refractivity contribution in [3.8, 4) is 22.4 Å². The van der Waals surface area contributed by atoms with E-state index in [0.717, 1.165) is 54.5 Å². The highest BCUT2D eigenvalue weighted by Crippen LogP contribution is 2.34. The third-order valence-corrected chi connectivity index (χ3v) is 8.59. The molecule has 0 saturated heterocycles. The van der Waals surface area contributed by atoms with Gasteiger partial charge in [-0.1, -0.05) is 54.6 Å². The number of amides is 1. The van der Waals surface area contributed by atoms with Crippen molar-refractivity contribution in [1.82, 2.24) is 9.29 Å². The van der Waals surface area contributed by atoms with Crippen molar-refractivity contribution < 1.29 is 13.2 Å². The molecule has 37 heavy (non-hydrogen) atoms. The number of carbonyl (C=O) groups is 1.